The summed E-state index contributed by atoms with van der Waals surface area (Å²) in [5.74, 6) is 1.51. The molecule has 0 saturated carbocycles. The van der Waals surface area contributed by atoms with E-state index in [4.69, 9.17) is 16.3 Å². The summed E-state index contributed by atoms with van der Waals surface area (Å²) in [4.78, 5) is 2.55. The molecule has 1 fully saturated rings. The normalized spacial score (nSPS) is 17.8. The molecule has 1 aliphatic rings. The van der Waals surface area contributed by atoms with Crippen LogP contribution < -0.4 is 10.1 Å². The third-order valence-corrected chi connectivity index (χ3v) is 4.47. The monoisotopic (exact) mass is 368 g/mol. The fraction of sp³-hybridized carbons (Fsp3) is 0.625. The van der Waals surface area contributed by atoms with Crippen LogP contribution in [0.3, 0.4) is 0 Å². The lowest BCUT2D eigenvalue weighted by Gasteiger charge is -2.39. The maximum absolute atomic E-state index is 6.22. The molecule has 0 amide bonds. The van der Waals surface area contributed by atoms with Gasteiger partial charge in [0.2, 0.25) is 0 Å². The lowest BCUT2D eigenvalue weighted by atomic mass is 9.90. The number of benzene rings is 1. The van der Waals surface area contributed by atoms with Crippen LogP contribution >= 0.6 is 36.4 Å². The highest BCUT2D eigenvalue weighted by atomic mass is 35.5. The molecule has 1 heterocycles. The zero-order chi connectivity index (χ0) is 14.5. The number of nitrogens with one attached hydrogen (secondary N) is 1. The summed E-state index contributed by atoms with van der Waals surface area (Å²) in [5.41, 5.74) is 1.22. The zero-order valence-corrected chi connectivity index (χ0v) is 15.9. The van der Waals surface area contributed by atoms with E-state index in [2.05, 4.69) is 30.1 Å². The Kier molecular flexibility index (Phi) is 10.5. The first-order valence-electron chi connectivity index (χ1n) is 7.45. The first kappa shape index (κ1) is 21.8. The van der Waals surface area contributed by atoms with Crippen LogP contribution in [0, 0.1) is 5.92 Å². The van der Waals surface area contributed by atoms with Gasteiger partial charge in [-0.25, -0.2) is 0 Å². The molecule has 0 aliphatic carbocycles. The van der Waals surface area contributed by atoms with Gasteiger partial charge < -0.3 is 10.1 Å². The first-order chi connectivity index (χ1) is 9.67. The van der Waals surface area contributed by atoms with Crippen molar-refractivity contribution in [3.8, 4) is 5.75 Å². The van der Waals surface area contributed by atoms with Crippen molar-refractivity contribution >= 4 is 36.4 Å². The number of piperazine rings is 1. The van der Waals surface area contributed by atoms with Crippen molar-refractivity contribution in [1.29, 1.82) is 0 Å². The molecule has 6 heteroatoms. The molecule has 3 nitrogen and oxygen atoms in total. The van der Waals surface area contributed by atoms with Crippen molar-refractivity contribution in [3.63, 3.8) is 0 Å². The Labute approximate surface area is 151 Å². The van der Waals surface area contributed by atoms with Crippen LogP contribution in [-0.4, -0.2) is 38.2 Å². The summed E-state index contributed by atoms with van der Waals surface area (Å²) in [6.07, 6.45) is 1.14. The van der Waals surface area contributed by atoms with Crippen molar-refractivity contribution in [2.75, 3.05) is 33.3 Å². The van der Waals surface area contributed by atoms with E-state index in [0.717, 1.165) is 43.4 Å². The van der Waals surface area contributed by atoms with Crippen LogP contribution in [-0.2, 0) is 0 Å². The van der Waals surface area contributed by atoms with Gasteiger partial charge in [0.1, 0.15) is 5.75 Å². The van der Waals surface area contributed by atoms with Crippen LogP contribution in [0.25, 0.3) is 0 Å². The number of hydrogen-bond donors (Lipinski definition) is 1. The van der Waals surface area contributed by atoms with E-state index in [1.54, 1.807) is 7.11 Å². The maximum Gasteiger partial charge on any atom is 0.123 e. The SMILES string of the molecule is CCC(C)[C@H](c1cc(Cl)ccc1OC)N1CCNCC1.Cl.Cl. The maximum atomic E-state index is 6.22. The lowest BCUT2D eigenvalue weighted by molar-refractivity contribution is 0.126. The third kappa shape index (κ3) is 5.17. The minimum absolute atomic E-state index is 0. The number of rotatable bonds is 5. The topological polar surface area (TPSA) is 24.5 Å². The fourth-order valence-electron chi connectivity index (χ4n) is 2.98. The standard InChI is InChI=1S/C16H25ClN2O.2ClH/c1-4-12(2)16(19-9-7-18-8-10-19)14-11-13(17)5-6-15(14)20-3;;/h5-6,11-12,16,18H,4,7-10H2,1-3H3;2*1H/t12?,16-;;/m1../s1. The van der Waals surface area contributed by atoms with Crippen LogP contribution in [0.2, 0.25) is 5.02 Å². The van der Waals surface area contributed by atoms with Gasteiger partial charge in [-0.05, 0) is 24.1 Å². The molecule has 2 atom stereocenters. The average molecular weight is 370 g/mol. The molecule has 1 N–H and O–H groups in total. The Bertz CT molecular complexity index is 439. The van der Waals surface area contributed by atoms with Crippen LogP contribution in [0.4, 0.5) is 0 Å². The minimum atomic E-state index is 0. The predicted octanol–water partition coefficient (Wildman–Crippen LogP) is 4.18. The molecule has 1 aromatic rings. The summed E-state index contributed by atoms with van der Waals surface area (Å²) >= 11 is 6.22. The summed E-state index contributed by atoms with van der Waals surface area (Å²) in [6, 6.07) is 6.32. The fourth-order valence-corrected chi connectivity index (χ4v) is 3.16. The van der Waals surface area contributed by atoms with E-state index in [9.17, 15) is 0 Å². The number of nitrogens with zero attached hydrogens (tertiary/aromatic N) is 1. The van der Waals surface area contributed by atoms with Crippen LogP contribution in [0.15, 0.2) is 18.2 Å². The Morgan fingerprint density at radius 1 is 1.27 bits per heavy atom. The van der Waals surface area contributed by atoms with Gasteiger partial charge in [-0.2, -0.15) is 0 Å². The molecule has 0 bridgehead atoms. The Balaban J connectivity index is 0.00000220. The summed E-state index contributed by atoms with van der Waals surface area (Å²) < 4.78 is 5.57. The second kappa shape index (κ2) is 10.6. The first-order valence-corrected chi connectivity index (χ1v) is 7.83. The highest BCUT2D eigenvalue weighted by Gasteiger charge is 2.28. The molecule has 0 spiro atoms. The Hall–Kier alpha value is -0.190. The van der Waals surface area contributed by atoms with Crippen molar-refractivity contribution in [3.05, 3.63) is 28.8 Å². The van der Waals surface area contributed by atoms with Crippen LogP contribution in [0.5, 0.6) is 5.75 Å². The number of ether oxygens (including phenoxy) is 1. The molecule has 2 rings (SSSR count). The largest absolute Gasteiger partial charge is 0.496 e. The van der Waals surface area contributed by atoms with Crippen molar-refractivity contribution in [2.45, 2.75) is 26.3 Å². The van der Waals surface area contributed by atoms with Gasteiger partial charge in [-0.1, -0.05) is 31.9 Å². The molecular formula is C16H27Cl3N2O. The van der Waals surface area contributed by atoms with Gasteiger partial charge in [0.25, 0.3) is 0 Å². The van der Waals surface area contributed by atoms with Gasteiger partial charge in [-0.3, -0.25) is 4.90 Å². The van der Waals surface area contributed by atoms with Crippen molar-refractivity contribution in [2.24, 2.45) is 5.92 Å². The van der Waals surface area contributed by atoms with Crippen molar-refractivity contribution < 1.29 is 4.74 Å². The van der Waals surface area contributed by atoms with Crippen molar-refractivity contribution in [1.82, 2.24) is 10.2 Å². The number of methoxy groups -OCH3 is 1. The molecule has 22 heavy (non-hydrogen) atoms. The van der Waals surface area contributed by atoms with Gasteiger partial charge in [-0.15, -0.1) is 24.8 Å². The summed E-state index contributed by atoms with van der Waals surface area (Å²) in [5, 5.41) is 4.20. The van der Waals surface area contributed by atoms with Gasteiger partial charge >= 0.3 is 0 Å². The van der Waals surface area contributed by atoms with E-state index in [-0.39, 0.29) is 24.8 Å². The molecule has 1 aliphatic heterocycles. The smallest absolute Gasteiger partial charge is 0.123 e. The number of hydrogen-bond acceptors (Lipinski definition) is 3. The molecule has 128 valence electrons. The van der Waals surface area contributed by atoms with E-state index >= 15 is 0 Å². The van der Waals surface area contributed by atoms with E-state index in [0.29, 0.717) is 12.0 Å². The highest BCUT2D eigenvalue weighted by Crippen LogP contribution is 2.37. The molecular weight excluding hydrogens is 343 g/mol. The predicted molar refractivity (Wildman–Crippen MR) is 99.1 cm³/mol. The quantitative estimate of drug-likeness (QED) is 0.842. The lowest BCUT2D eigenvalue weighted by Crippen LogP contribution is -2.46. The van der Waals surface area contributed by atoms with E-state index in [1.165, 1.54) is 5.56 Å². The van der Waals surface area contributed by atoms with Crippen LogP contribution in [0.1, 0.15) is 31.9 Å². The molecule has 0 radical (unpaired) electrons. The summed E-state index contributed by atoms with van der Waals surface area (Å²) in [6.45, 7) is 8.81. The average Bonchev–Trinajstić information content (AvgIpc) is 2.48. The highest BCUT2D eigenvalue weighted by molar-refractivity contribution is 6.30. The van der Waals surface area contributed by atoms with Gasteiger partial charge in [0.15, 0.2) is 0 Å². The molecule has 1 aromatic carbocycles. The van der Waals surface area contributed by atoms with E-state index in [1.807, 2.05) is 12.1 Å². The number of halogens is 3. The van der Waals surface area contributed by atoms with E-state index < -0.39 is 0 Å². The minimum Gasteiger partial charge on any atom is -0.496 e. The Morgan fingerprint density at radius 3 is 2.45 bits per heavy atom. The second-order valence-corrected chi connectivity index (χ2v) is 5.94. The summed E-state index contributed by atoms with van der Waals surface area (Å²) in [7, 11) is 1.73. The molecule has 1 saturated heterocycles. The van der Waals surface area contributed by atoms with Gasteiger partial charge in [0.05, 0.1) is 7.11 Å². The molecule has 0 aromatic heterocycles. The third-order valence-electron chi connectivity index (χ3n) is 4.24. The zero-order valence-electron chi connectivity index (χ0n) is 13.5. The Morgan fingerprint density at radius 2 is 1.91 bits per heavy atom. The second-order valence-electron chi connectivity index (χ2n) is 5.50. The molecule has 1 unspecified atom stereocenters. The van der Waals surface area contributed by atoms with Gasteiger partial charge in [0, 0.05) is 42.8 Å².